The first-order valence-corrected chi connectivity index (χ1v) is 4.73. The number of unbranched alkanes of at least 4 members (excludes halogenated alkanes) is 1. The molecule has 0 aromatic heterocycles. The average molecular weight is 205 g/mol. The van der Waals surface area contributed by atoms with Gasteiger partial charge < -0.3 is 15.5 Å². The maximum absolute atomic E-state index is 9.10. The van der Waals surface area contributed by atoms with Crippen molar-refractivity contribution in [2.75, 3.05) is 13.1 Å². The Hall–Kier alpha value is -1.10. The van der Waals surface area contributed by atoms with E-state index in [2.05, 4.69) is 19.2 Å². The molecule has 0 aliphatic rings. The lowest BCUT2D eigenvalue weighted by atomic mass is 10.3. The van der Waals surface area contributed by atoms with Crippen LogP contribution in [0.25, 0.3) is 0 Å². The molecule has 0 aliphatic carbocycles. The standard InChI is InChI=1S/C7H17N.C2H2O4/c1-3-5-7-8-6-4-2;3-1(4)2(5)6/h8H,3-7H2,1-2H3;(H,3,4)(H,5,6). The molecular formula is C9H19NO4. The summed E-state index contributed by atoms with van der Waals surface area (Å²) in [5.74, 6) is -3.65. The molecule has 5 nitrogen and oxygen atoms in total. The maximum Gasteiger partial charge on any atom is 0.414 e. The van der Waals surface area contributed by atoms with Gasteiger partial charge >= 0.3 is 11.9 Å². The summed E-state index contributed by atoms with van der Waals surface area (Å²) in [5.41, 5.74) is 0. The summed E-state index contributed by atoms with van der Waals surface area (Å²) in [6.07, 6.45) is 3.88. The molecule has 0 unspecified atom stereocenters. The van der Waals surface area contributed by atoms with Gasteiger partial charge in [-0.1, -0.05) is 20.3 Å². The van der Waals surface area contributed by atoms with Gasteiger partial charge in [-0.2, -0.15) is 0 Å². The molecular weight excluding hydrogens is 186 g/mol. The molecule has 0 fully saturated rings. The topological polar surface area (TPSA) is 86.6 Å². The van der Waals surface area contributed by atoms with Gasteiger partial charge in [-0.15, -0.1) is 0 Å². The molecule has 0 bridgehead atoms. The van der Waals surface area contributed by atoms with Crippen LogP contribution in [0.5, 0.6) is 0 Å². The van der Waals surface area contributed by atoms with Crippen molar-refractivity contribution in [3.63, 3.8) is 0 Å². The van der Waals surface area contributed by atoms with Crippen molar-refractivity contribution in [1.82, 2.24) is 5.32 Å². The van der Waals surface area contributed by atoms with Gasteiger partial charge in [0.25, 0.3) is 0 Å². The molecule has 0 saturated carbocycles. The molecule has 5 heteroatoms. The van der Waals surface area contributed by atoms with Gasteiger partial charge in [0.2, 0.25) is 0 Å². The number of nitrogens with one attached hydrogen (secondary N) is 1. The van der Waals surface area contributed by atoms with Crippen LogP contribution in [-0.2, 0) is 9.59 Å². The third kappa shape index (κ3) is 17.1. The summed E-state index contributed by atoms with van der Waals surface area (Å²) >= 11 is 0. The summed E-state index contributed by atoms with van der Waals surface area (Å²) in [6, 6.07) is 0. The molecule has 0 spiro atoms. The highest BCUT2D eigenvalue weighted by Crippen LogP contribution is 1.81. The van der Waals surface area contributed by atoms with Gasteiger partial charge in [0.15, 0.2) is 0 Å². The van der Waals surface area contributed by atoms with Crippen LogP contribution < -0.4 is 5.32 Å². The SMILES string of the molecule is CCCCNCCC.O=C(O)C(=O)O. The predicted octanol–water partition coefficient (Wildman–Crippen LogP) is 0.942. The van der Waals surface area contributed by atoms with E-state index >= 15 is 0 Å². The Labute approximate surface area is 84.1 Å². The second-order valence-electron chi connectivity index (χ2n) is 2.71. The Kier molecular flexibility index (Phi) is 13.1. The van der Waals surface area contributed by atoms with E-state index in [-0.39, 0.29) is 0 Å². The molecule has 0 aliphatic heterocycles. The molecule has 0 saturated heterocycles. The monoisotopic (exact) mass is 205 g/mol. The Balaban J connectivity index is 0. The minimum absolute atomic E-state index is 1.18. The fourth-order valence-corrected chi connectivity index (χ4v) is 0.604. The summed E-state index contributed by atoms with van der Waals surface area (Å²) < 4.78 is 0. The summed E-state index contributed by atoms with van der Waals surface area (Å²) in [6.45, 7) is 6.79. The van der Waals surface area contributed by atoms with Crippen molar-refractivity contribution in [2.24, 2.45) is 0 Å². The van der Waals surface area contributed by atoms with Gasteiger partial charge in [0.05, 0.1) is 0 Å². The van der Waals surface area contributed by atoms with Gasteiger partial charge in [-0.3, -0.25) is 0 Å². The number of carboxylic acid groups (broad SMARTS) is 2. The Bertz CT molecular complexity index is 141. The highest BCUT2D eigenvalue weighted by Gasteiger charge is 2.04. The number of hydrogen-bond donors (Lipinski definition) is 3. The van der Waals surface area contributed by atoms with Crippen molar-refractivity contribution >= 4 is 11.9 Å². The molecule has 0 amide bonds. The number of rotatable bonds is 5. The van der Waals surface area contributed by atoms with Gasteiger partial charge in [0.1, 0.15) is 0 Å². The lowest BCUT2D eigenvalue weighted by Gasteiger charge is -1.98. The molecule has 0 radical (unpaired) electrons. The van der Waals surface area contributed by atoms with Crippen LogP contribution in [0.3, 0.4) is 0 Å². The summed E-state index contributed by atoms with van der Waals surface area (Å²) in [5, 5.41) is 18.1. The highest BCUT2D eigenvalue weighted by atomic mass is 16.4. The molecule has 0 heterocycles. The van der Waals surface area contributed by atoms with E-state index in [1.807, 2.05) is 0 Å². The van der Waals surface area contributed by atoms with Crippen LogP contribution in [0, 0.1) is 0 Å². The van der Waals surface area contributed by atoms with Gasteiger partial charge in [-0.05, 0) is 25.9 Å². The molecule has 0 aromatic rings. The molecule has 0 atom stereocenters. The first kappa shape index (κ1) is 15.4. The Morgan fingerprint density at radius 2 is 1.50 bits per heavy atom. The van der Waals surface area contributed by atoms with E-state index in [0.717, 1.165) is 0 Å². The highest BCUT2D eigenvalue weighted by molar-refractivity contribution is 6.27. The van der Waals surface area contributed by atoms with Crippen LogP contribution in [0.1, 0.15) is 33.1 Å². The van der Waals surface area contributed by atoms with E-state index in [9.17, 15) is 0 Å². The number of aliphatic carboxylic acids is 2. The van der Waals surface area contributed by atoms with E-state index in [4.69, 9.17) is 19.8 Å². The number of carboxylic acids is 2. The molecule has 14 heavy (non-hydrogen) atoms. The lowest BCUT2D eigenvalue weighted by molar-refractivity contribution is -0.159. The molecule has 0 aromatic carbocycles. The van der Waals surface area contributed by atoms with Gasteiger partial charge in [-0.25, -0.2) is 9.59 Å². The molecule has 3 N–H and O–H groups in total. The molecule has 84 valence electrons. The van der Waals surface area contributed by atoms with Crippen molar-refractivity contribution < 1.29 is 19.8 Å². The molecule has 0 rings (SSSR count). The van der Waals surface area contributed by atoms with Crippen LogP contribution in [-0.4, -0.2) is 35.2 Å². The van der Waals surface area contributed by atoms with Crippen molar-refractivity contribution in [3.8, 4) is 0 Å². The average Bonchev–Trinajstić information content (AvgIpc) is 2.13. The third-order valence-corrected chi connectivity index (χ3v) is 1.32. The van der Waals surface area contributed by atoms with E-state index in [0.29, 0.717) is 0 Å². The largest absolute Gasteiger partial charge is 0.473 e. The van der Waals surface area contributed by atoms with Crippen molar-refractivity contribution in [3.05, 3.63) is 0 Å². The number of carbonyl (C=O) groups is 2. The Morgan fingerprint density at radius 3 is 1.79 bits per heavy atom. The quantitative estimate of drug-likeness (QED) is 0.459. The fourth-order valence-electron chi connectivity index (χ4n) is 0.604. The van der Waals surface area contributed by atoms with Crippen LogP contribution >= 0.6 is 0 Å². The first-order chi connectivity index (χ1) is 6.56. The van der Waals surface area contributed by atoms with Crippen molar-refractivity contribution in [1.29, 1.82) is 0 Å². The minimum Gasteiger partial charge on any atom is -0.473 e. The van der Waals surface area contributed by atoms with Crippen LogP contribution in [0.15, 0.2) is 0 Å². The van der Waals surface area contributed by atoms with Crippen LogP contribution in [0.2, 0.25) is 0 Å². The van der Waals surface area contributed by atoms with E-state index in [1.165, 1.54) is 32.4 Å². The minimum atomic E-state index is -1.82. The first-order valence-electron chi connectivity index (χ1n) is 4.73. The van der Waals surface area contributed by atoms with E-state index < -0.39 is 11.9 Å². The zero-order valence-corrected chi connectivity index (χ0v) is 8.75. The predicted molar refractivity (Wildman–Crippen MR) is 53.3 cm³/mol. The Morgan fingerprint density at radius 1 is 1.00 bits per heavy atom. The normalized spacial score (nSPS) is 8.71. The second-order valence-corrected chi connectivity index (χ2v) is 2.71. The van der Waals surface area contributed by atoms with E-state index in [1.54, 1.807) is 0 Å². The number of hydrogen-bond acceptors (Lipinski definition) is 3. The summed E-state index contributed by atoms with van der Waals surface area (Å²) in [4.78, 5) is 18.2. The lowest BCUT2D eigenvalue weighted by Crippen LogP contribution is -2.15. The smallest absolute Gasteiger partial charge is 0.414 e. The van der Waals surface area contributed by atoms with Crippen molar-refractivity contribution in [2.45, 2.75) is 33.1 Å². The maximum atomic E-state index is 9.10. The zero-order valence-electron chi connectivity index (χ0n) is 8.75. The fraction of sp³-hybridized carbons (Fsp3) is 0.778. The van der Waals surface area contributed by atoms with Gasteiger partial charge in [0, 0.05) is 0 Å². The summed E-state index contributed by atoms with van der Waals surface area (Å²) in [7, 11) is 0. The second kappa shape index (κ2) is 11.9. The zero-order chi connectivity index (χ0) is 11.4. The third-order valence-electron chi connectivity index (χ3n) is 1.32. The van der Waals surface area contributed by atoms with Crippen LogP contribution in [0.4, 0.5) is 0 Å².